The lowest BCUT2D eigenvalue weighted by Crippen LogP contribution is -2.52. The van der Waals surface area contributed by atoms with Gasteiger partial charge < -0.3 is 15.3 Å². The van der Waals surface area contributed by atoms with Gasteiger partial charge in [0.15, 0.2) is 11.8 Å². The van der Waals surface area contributed by atoms with Crippen LogP contribution in [0.2, 0.25) is 0 Å². The first-order valence-electron chi connectivity index (χ1n) is 11.4. The number of carbonyl (C=O) groups excluding carboxylic acids is 3. The summed E-state index contributed by atoms with van der Waals surface area (Å²) < 4.78 is 0. The summed E-state index contributed by atoms with van der Waals surface area (Å²) in [6, 6.07) is 14.2. The van der Waals surface area contributed by atoms with Gasteiger partial charge in [0.25, 0.3) is 5.91 Å². The molecule has 1 unspecified atom stereocenters. The lowest BCUT2D eigenvalue weighted by molar-refractivity contribution is -0.135. The number of rotatable bonds is 8. The molecule has 1 atom stereocenters. The molecule has 7 nitrogen and oxygen atoms in total. The van der Waals surface area contributed by atoms with Crippen LogP contribution in [0.5, 0.6) is 0 Å². The van der Waals surface area contributed by atoms with Gasteiger partial charge in [-0.25, -0.2) is 0 Å². The van der Waals surface area contributed by atoms with E-state index in [1.807, 2.05) is 12.1 Å². The molecule has 0 saturated heterocycles. The van der Waals surface area contributed by atoms with Crippen molar-refractivity contribution in [3.8, 4) is 11.8 Å². The highest BCUT2D eigenvalue weighted by Crippen LogP contribution is 2.24. The van der Waals surface area contributed by atoms with Crippen LogP contribution in [-0.4, -0.2) is 72.3 Å². The molecule has 7 heteroatoms. The molecule has 0 spiro atoms. The zero-order valence-electron chi connectivity index (χ0n) is 19.9. The van der Waals surface area contributed by atoms with Crippen molar-refractivity contribution in [2.45, 2.75) is 37.9 Å². The molecule has 2 aromatic rings. The van der Waals surface area contributed by atoms with Crippen LogP contribution in [-0.2, 0) is 16.1 Å². The van der Waals surface area contributed by atoms with Gasteiger partial charge in [0.1, 0.15) is 6.61 Å². The van der Waals surface area contributed by atoms with Crippen molar-refractivity contribution in [1.82, 2.24) is 15.1 Å². The fourth-order valence-electron chi connectivity index (χ4n) is 3.86. The van der Waals surface area contributed by atoms with Crippen molar-refractivity contribution in [2.75, 3.05) is 27.7 Å². The van der Waals surface area contributed by atoms with Gasteiger partial charge in [-0.3, -0.25) is 19.3 Å². The van der Waals surface area contributed by atoms with Crippen molar-refractivity contribution in [2.24, 2.45) is 0 Å². The predicted molar refractivity (Wildman–Crippen MR) is 130 cm³/mol. The Balaban J connectivity index is 1.64. The Morgan fingerprint density at radius 1 is 1.00 bits per heavy atom. The summed E-state index contributed by atoms with van der Waals surface area (Å²) in [5, 5.41) is 11.5. The predicted octanol–water partition coefficient (Wildman–Crippen LogP) is 1.82. The highest BCUT2D eigenvalue weighted by Gasteiger charge is 2.32. The number of aliphatic hydroxyl groups excluding tert-OH is 1. The first-order chi connectivity index (χ1) is 16.3. The number of Topliss-reactive ketones (excluding diaryl/α,β-unsaturated/α-hetero) is 1. The van der Waals surface area contributed by atoms with Gasteiger partial charge in [-0.1, -0.05) is 30.4 Å². The van der Waals surface area contributed by atoms with E-state index in [4.69, 9.17) is 5.11 Å². The molecule has 2 amide bonds. The minimum absolute atomic E-state index is 0.313. The van der Waals surface area contributed by atoms with Crippen LogP contribution in [0.15, 0.2) is 48.5 Å². The van der Waals surface area contributed by atoms with E-state index in [9.17, 15) is 14.4 Å². The molecule has 3 rings (SSSR count). The van der Waals surface area contributed by atoms with E-state index in [1.54, 1.807) is 24.3 Å². The van der Waals surface area contributed by atoms with E-state index in [0.29, 0.717) is 11.6 Å². The molecule has 1 saturated carbocycles. The third-order valence-electron chi connectivity index (χ3n) is 6.23. The molecular weight excluding hydrogens is 430 g/mol. The molecule has 1 aliphatic rings. The SMILES string of the molecule is CNC(=O)C(C(=O)CO)N(C)C(=O)c1ccc(C#Cc2ccc(CN(C)C3CCC3)cc2)cc1. The Bertz CT molecular complexity index is 1060. The molecular formula is C27H31N3O4. The molecule has 0 aliphatic heterocycles. The maximum atomic E-state index is 12.8. The summed E-state index contributed by atoms with van der Waals surface area (Å²) in [6.07, 6.45) is 3.90. The lowest BCUT2D eigenvalue weighted by Gasteiger charge is -2.34. The van der Waals surface area contributed by atoms with Gasteiger partial charge in [0, 0.05) is 43.4 Å². The van der Waals surface area contributed by atoms with Crippen molar-refractivity contribution in [1.29, 1.82) is 0 Å². The van der Waals surface area contributed by atoms with Crippen LogP contribution >= 0.6 is 0 Å². The van der Waals surface area contributed by atoms with Crippen molar-refractivity contribution >= 4 is 17.6 Å². The van der Waals surface area contributed by atoms with Gasteiger partial charge >= 0.3 is 0 Å². The van der Waals surface area contributed by atoms with E-state index in [0.717, 1.165) is 22.6 Å². The normalized spacial score (nSPS) is 13.9. The largest absolute Gasteiger partial charge is 0.388 e. The summed E-state index contributed by atoms with van der Waals surface area (Å²) in [5.74, 6) is 4.32. The van der Waals surface area contributed by atoms with Gasteiger partial charge in [0.05, 0.1) is 0 Å². The molecule has 34 heavy (non-hydrogen) atoms. The minimum atomic E-state index is -1.39. The van der Waals surface area contributed by atoms with Crippen molar-refractivity contribution < 1.29 is 19.5 Å². The van der Waals surface area contributed by atoms with Gasteiger partial charge in [0.2, 0.25) is 5.91 Å². The molecule has 2 aromatic carbocycles. The second-order valence-corrected chi connectivity index (χ2v) is 8.58. The van der Waals surface area contributed by atoms with Gasteiger partial charge in [-0.05, 0) is 61.9 Å². The summed E-state index contributed by atoms with van der Waals surface area (Å²) in [5.41, 5.74) is 3.22. The third kappa shape index (κ3) is 6.10. The molecule has 1 aliphatic carbocycles. The third-order valence-corrected chi connectivity index (χ3v) is 6.23. The summed E-state index contributed by atoms with van der Waals surface area (Å²) in [4.78, 5) is 40.2. The number of likely N-dealkylation sites (N-methyl/N-ethyl adjacent to an activating group) is 2. The van der Waals surface area contributed by atoms with Crippen LogP contribution < -0.4 is 5.32 Å². The smallest absolute Gasteiger partial charge is 0.254 e. The highest BCUT2D eigenvalue weighted by molar-refractivity contribution is 6.10. The van der Waals surface area contributed by atoms with Crippen LogP contribution in [0.4, 0.5) is 0 Å². The number of aliphatic hydroxyl groups is 1. The number of nitrogens with one attached hydrogen (secondary N) is 1. The van der Waals surface area contributed by atoms with Crippen LogP contribution in [0.3, 0.4) is 0 Å². The Morgan fingerprint density at radius 3 is 2.03 bits per heavy atom. The van der Waals surface area contributed by atoms with Gasteiger partial charge in [-0.2, -0.15) is 0 Å². The van der Waals surface area contributed by atoms with Crippen molar-refractivity contribution in [3.63, 3.8) is 0 Å². The number of amides is 2. The Morgan fingerprint density at radius 2 is 1.56 bits per heavy atom. The maximum Gasteiger partial charge on any atom is 0.254 e. The molecule has 2 N–H and O–H groups in total. The van der Waals surface area contributed by atoms with E-state index in [2.05, 4.69) is 41.2 Å². The molecule has 178 valence electrons. The number of carbonyl (C=O) groups is 3. The second kappa shape index (κ2) is 11.6. The van der Waals surface area contributed by atoms with Crippen LogP contribution in [0, 0.1) is 11.8 Å². The average molecular weight is 462 g/mol. The Labute approximate surface area is 200 Å². The van der Waals surface area contributed by atoms with E-state index < -0.39 is 30.2 Å². The average Bonchev–Trinajstić information content (AvgIpc) is 2.82. The second-order valence-electron chi connectivity index (χ2n) is 8.58. The number of hydrogen-bond donors (Lipinski definition) is 2. The Hall–Kier alpha value is -3.47. The molecule has 0 bridgehead atoms. The topological polar surface area (TPSA) is 90.0 Å². The standard InChI is InChI=1S/C27H31N3O4/c1-28-26(33)25(24(32)18-31)30(3)27(34)22-15-13-20(14-16-22)8-7-19-9-11-21(12-10-19)17-29(2)23-5-4-6-23/h9-16,23,25,31H,4-6,17-18H2,1-3H3,(H,28,33). The van der Waals surface area contributed by atoms with E-state index in [-0.39, 0.29) is 0 Å². The first-order valence-corrected chi connectivity index (χ1v) is 11.4. The van der Waals surface area contributed by atoms with Crippen LogP contribution in [0.25, 0.3) is 0 Å². The highest BCUT2D eigenvalue weighted by atomic mass is 16.3. The monoisotopic (exact) mass is 461 g/mol. The van der Waals surface area contributed by atoms with E-state index in [1.165, 1.54) is 38.9 Å². The molecule has 0 radical (unpaired) electrons. The first kappa shape index (κ1) is 25.2. The zero-order valence-corrected chi connectivity index (χ0v) is 19.9. The number of ketones is 1. The fourth-order valence-corrected chi connectivity index (χ4v) is 3.86. The summed E-state index contributed by atoms with van der Waals surface area (Å²) in [7, 11) is 4.90. The molecule has 0 heterocycles. The quantitative estimate of drug-likeness (QED) is 0.462. The zero-order chi connectivity index (χ0) is 24.7. The lowest BCUT2D eigenvalue weighted by atomic mass is 9.91. The van der Waals surface area contributed by atoms with E-state index >= 15 is 0 Å². The molecule has 0 aromatic heterocycles. The minimum Gasteiger partial charge on any atom is -0.388 e. The fraction of sp³-hybridized carbons (Fsp3) is 0.370. The molecule has 1 fully saturated rings. The number of benzene rings is 2. The van der Waals surface area contributed by atoms with Gasteiger partial charge in [-0.15, -0.1) is 0 Å². The number of hydrogen-bond acceptors (Lipinski definition) is 5. The summed E-state index contributed by atoms with van der Waals surface area (Å²) >= 11 is 0. The Kier molecular flexibility index (Phi) is 8.58. The number of nitrogens with zero attached hydrogens (tertiary/aromatic N) is 2. The van der Waals surface area contributed by atoms with Crippen molar-refractivity contribution in [3.05, 3.63) is 70.8 Å². The maximum absolute atomic E-state index is 12.8. The summed E-state index contributed by atoms with van der Waals surface area (Å²) in [6.45, 7) is 0.107. The van der Waals surface area contributed by atoms with Crippen LogP contribution in [0.1, 0.15) is 46.3 Å².